The molecular formula is C12H19N3O. The first kappa shape index (κ1) is 11.2. The second kappa shape index (κ2) is 5.68. The molecule has 0 spiro atoms. The van der Waals surface area contributed by atoms with Crippen molar-refractivity contribution >= 4 is 5.95 Å². The van der Waals surface area contributed by atoms with Crippen LogP contribution < -0.4 is 10.1 Å². The summed E-state index contributed by atoms with van der Waals surface area (Å²) < 4.78 is 5.31. The van der Waals surface area contributed by atoms with E-state index in [4.69, 9.17) is 4.74 Å². The van der Waals surface area contributed by atoms with Gasteiger partial charge in [0.1, 0.15) is 0 Å². The summed E-state index contributed by atoms with van der Waals surface area (Å²) in [5.74, 6) is 2.31. The number of ether oxygens (including phenoxy) is 1. The number of aromatic nitrogens is 2. The molecule has 0 amide bonds. The van der Waals surface area contributed by atoms with Crippen LogP contribution in [0.4, 0.5) is 5.95 Å². The molecule has 4 heteroatoms. The molecule has 0 saturated heterocycles. The molecule has 1 aliphatic carbocycles. The Labute approximate surface area is 96.4 Å². The Balaban J connectivity index is 1.71. The van der Waals surface area contributed by atoms with Gasteiger partial charge in [-0.1, -0.05) is 12.8 Å². The van der Waals surface area contributed by atoms with Crippen molar-refractivity contribution in [3.8, 4) is 5.88 Å². The molecule has 1 N–H and O–H groups in total. The van der Waals surface area contributed by atoms with E-state index in [2.05, 4.69) is 15.3 Å². The third-order valence-electron chi connectivity index (χ3n) is 2.69. The molecule has 1 aromatic rings. The minimum atomic E-state index is 0.637. The van der Waals surface area contributed by atoms with Gasteiger partial charge in [-0.2, -0.15) is 4.98 Å². The van der Waals surface area contributed by atoms with Crippen LogP contribution in [0.1, 0.15) is 32.6 Å². The molecule has 4 nitrogen and oxygen atoms in total. The van der Waals surface area contributed by atoms with Gasteiger partial charge in [0.25, 0.3) is 0 Å². The van der Waals surface area contributed by atoms with E-state index in [-0.39, 0.29) is 0 Å². The van der Waals surface area contributed by atoms with E-state index in [0.717, 1.165) is 12.5 Å². The van der Waals surface area contributed by atoms with Gasteiger partial charge in [0, 0.05) is 18.8 Å². The molecule has 0 radical (unpaired) electrons. The van der Waals surface area contributed by atoms with E-state index in [1.165, 1.54) is 25.7 Å². The van der Waals surface area contributed by atoms with Crippen molar-refractivity contribution in [1.82, 2.24) is 9.97 Å². The van der Waals surface area contributed by atoms with E-state index in [1.54, 1.807) is 12.3 Å². The van der Waals surface area contributed by atoms with Crippen LogP contribution >= 0.6 is 0 Å². The molecular weight excluding hydrogens is 202 g/mol. The zero-order valence-corrected chi connectivity index (χ0v) is 9.78. The largest absolute Gasteiger partial charge is 0.478 e. The molecule has 88 valence electrons. The lowest BCUT2D eigenvalue weighted by atomic mass is 10.2. The molecule has 0 aliphatic heterocycles. The van der Waals surface area contributed by atoms with Crippen LogP contribution in [-0.2, 0) is 0 Å². The summed E-state index contributed by atoms with van der Waals surface area (Å²) in [4.78, 5) is 8.40. The van der Waals surface area contributed by atoms with Crippen LogP contribution in [0.15, 0.2) is 12.3 Å². The third kappa shape index (κ3) is 3.68. The molecule has 1 aliphatic rings. The average molecular weight is 221 g/mol. The number of rotatable bonds is 7. The minimum Gasteiger partial charge on any atom is -0.478 e. The van der Waals surface area contributed by atoms with Gasteiger partial charge >= 0.3 is 0 Å². The second-order valence-corrected chi connectivity index (χ2v) is 4.16. The normalized spacial score (nSPS) is 14.8. The van der Waals surface area contributed by atoms with Crippen molar-refractivity contribution in [3.05, 3.63) is 12.3 Å². The lowest BCUT2D eigenvalue weighted by Crippen LogP contribution is -2.06. The fraction of sp³-hybridized carbons (Fsp3) is 0.667. The summed E-state index contributed by atoms with van der Waals surface area (Å²) in [5.41, 5.74) is 0. The maximum atomic E-state index is 5.31. The molecule has 1 aromatic heterocycles. The maximum Gasteiger partial charge on any atom is 0.225 e. The summed E-state index contributed by atoms with van der Waals surface area (Å²) in [6.45, 7) is 3.54. The van der Waals surface area contributed by atoms with Gasteiger partial charge in [0.15, 0.2) is 0 Å². The summed E-state index contributed by atoms with van der Waals surface area (Å²) >= 11 is 0. The van der Waals surface area contributed by atoms with Gasteiger partial charge in [0.05, 0.1) is 6.61 Å². The monoisotopic (exact) mass is 221 g/mol. The molecule has 0 atom stereocenters. The first-order valence-electron chi connectivity index (χ1n) is 6.08. The molecule has 2 rings (SSSR count). The predicted octanol–water partition coefficient (Wildman–Crippen LogP) is 2.48. The van der Waals surface area contributed by atoms with Gasteiger partial charge in [0.2, 0.25) is 11.8 Å². The zero-order valence-electron chi connectivity index (χ0n) is 9.78. The molecule has 0 unspecified atom stereocenters. The average Bonchev–Trinajstić information content (AvgIpc) is 3.09. The SMILES string of the molecule is CCOc1ccnc(NCCCC2CC2)n1. The van der Waals surface area contributed by atoms with Crippen molar-refractivity contribution in [2.24, 2.45) is 5.92 Å². The number of nitrogens with zero attached hydrogens (tertiary/aromatic N) is 2. The van der Waals surface area contributed by atoms with Gasteiger partial charge < -0.3 is 10.1 Å². The highest BCUT2D eigenvalue weighted by molar-refractivity contribution is 5.27. The summed E-state index contributed by atoms with van der Waals surface area (Å²) in [5, 5.41) is 3.22. The van der Waals surface area contributed by atoms with Gasteiger partial charge in [-0.3, -0.25) is 0 Å². The molecule has 1 saturated carbocycles. The Morgan fingerprint density at radius 1 is 1.50 bits per heavy atom. The Kier molecular flexibility index (Phi) is 3.97. The van der Waals surface area contributed by atoms with Crippen LogP contribution in [0.2, 0.25) is 0 Å². The maximum absolute atomic E-state index is 5.31. The molecule has 16 heavy (non-hydrogen) atoms. The van der Waals surface area contributed by atoms with Crippen LogP contribution in [0, 0.1) is 5.92 Å². The van der Waals surface area contributed by atoms with Crippen molar-refractivity contribution < 1.29 is 4.74 Å². The van der Waals surface area contributed by atoms with Crippen molar-refractivity contribution in [2.45, 2.75) is 32.6 Å². The second-order valence-electron chi connectivity index (χ2n) is 4.16. The Morgan fingerprint density at radius 3 is 3.12 bits per heavy atom. The summed E-state index contributed by atoms with van der Waals surface area (Å²) in [6, 6.07) is 1.78. The fourth-order valence-corrected chi connectivity index (χ4v) is 1.65. The van der Waals surface area contributed by atoms with Crippen LogP contribution in [0.5, 0.6) is 5.88 Å². The smallest absolute Gasteiger partial charge is 0.225 e. The van der Waals surface area contributed by atoms with Gasteiger partial charge in [-0.25, -0.2) is 4.98 Å². The third-order valence-corrected chi connectivity index (χ3v) is 2.69. The highest BCUT2D eigenvalue weighted by atomic mass is 16.5. The number of nitrogens with one attached hydrogen (secondary N) is 1. The molecule has 1 fully saturated rings. The van der Waals surface area contributed by atoms with Crippen LogP contribution in [0.25, 0.3) is 0 Å². The van der Waals surface area contributed by atoms with E-state index >= 15 is 0 Å². The van der Waals surface area contributed by atoms with E-state index in [9.17, 15) is 0 Å². The first-order chi connectivity index (χ1) is 7.88. The Hall–Kier alpha value is -1.32. The number of hydrogen-bond acceptors (Lipinski definition) is 4. The fourth-order valence-electron chi connectivity index (χ4n) is 1.65. The van der Waals surface area contributed by atoms with Gasteiger partial charge in [-0.15, -0.1) is 0 Å². The highest BCUT2D eigenvalue weighted by Crippen LogP contribution is 2.33. The lowest BCUT2D eigenvalue weighted by molar-refractivity contribution is 0.326. The quantitative estimate of drug-likeness (QED) is 0.718. The van der Waals surface area contributed by atoms with E-state index in [0.29, 0.717) is 18.4 Å². The topological polar surface area (TPSA) is 47.0 Å². The zero-order chi connectivity index (χ0) is 11.2. The van der Waals surface area contributed by atoms with Crippen LogP contribution in [0.3, 0.4) is 0 Å². The number of hydrogen-bond donors (Lipinski definition) is 1. The number of anilines is 1. The lowest BCUT2D eigenvalue weighted by Gasteiger charge is -2.06. The predicted molar refractivity (Wildman–Crippen MR) is 63.6 cm³/mol. The molecule has 0 aromatic carbocycles. The highest BCUT2D eigenvalue weighted by Gasteiger charge is 2.19. The van der Waals surface area contributed by atoms with E-state index < -0.39 is 0 Å². The Bertz CT molecular complexity index is 326. The van der Waals surface area contributed by atoms with Crippen molar-refractivity contribution in [2.75, 3.05) is 18.5 Å². The Morgan fingerprint density at radius 2 is 2.38 bits per heavy atom. The standard InChI is InChI=1S/C12H19N3O/c1-2-16-11-7-9-14-12(15-11)13-8-3-4-10-5-6-10/h7,9-10H,2-6,8H2,1H3,(H,13,14,15). The summed E-state index contributed by atoms with van der Waals surface area (Å²) in [7, 11) is 0. The van der Waals surface area contributed by atoms with Crippen molar-refractivity contribution in [3.63, 3.8) is 0 Å². The minimum absolute atomic E-state index is 0.637. The molecule has 1 heterocycles. The summed E-state index contributed by atoms with van der Waals surface area (Å²) in [6.07, 6.45) is 7.11. The van der Waals surface area contributed by atoms with E-state index in [1.807, 2.05) is 6.92 Å². The van der Waals surface area contributed by atoms with Crippen LogP contribution in [-0.4, -0.2) is 23.1 Å². The van der Waals surface area contributed by atoms with Crippen molar-refractivity contribution in [1.29, 1.82) is 0 Å². The first-order valence-corrected chi connectivity index (χ1v) is 6.08. The van der Waals surface area contributed by atoms with Gasteiger partial charge in [-0.05, 0) is 25.7 Å². The molecule has 0 bridgehead atoms.